The number of anilines is 1. The van der Waals surface area contributed by atoms with E-state index in [1.54, 1.807) is 18.2 Å². The second-order valence-electron chi connectivity index (χ2n) is 3.02. The fraction of sp³-hybridized carbons (Fsp3) is 0.111. The van der Waals surface area contributed by atoms with E-state index in [4.69, 9.17) is 0 Å². The van der Waals surface area contributed by atoms with Crippen molar-refractivity contribution in [2.45, 2.75) is 6.92 Å². The van der Waals surface area contributed by atoms with Gasteiger partial charge in [0, 0.05) is 12.6 Å². The summed E-state index contributed by atoms with van der Waals surface area (Å²) in [6.07, 6.45) is 0.577. The minimum atomic E-state index is -0.155. The predicted molar refractivity (Wildman–Crippen MR) is 54.0 cm³/mol. The van der Waals surface area contributed by atoms with Crippen molar-refractivity contribution in [3.8, 4) is 0 Å². The molecule has 0 fully saturated rings. The Morgan fingerprint density at radius 1 is 1.53 bits per heavy atom. The van der Waals surface area contributed by atoms with E-state index in [1.807, 2.05) is 0 Å². The first-order valence-electron chi connectivity index (χ1n) is 4.28. The number of aromatic nitrogens is 3. The molecule has 0 bridgehead atoms. The summed E-state index contributed by atoms with van der Waals surface area (Å²) in [5.41, 5.74) is 1.81. The van der Waals surface area contributed by atoms with Crippen molar-refractivity contribution in [1.29, 1.82) is 0 Å². The third kappa shape index (κ3) is 1.69. The fourth-order valence-corrected chi connectivity index (χ4v) is 1.30. The maximum atomic E-state index is 10.8. The summed E-state index contributed by atoms with van der Waals surface area (Å²) >= 11 is 0. The standard InChI is InChI=1S/C9H8N4O2/c1-6(15)10-7-2-3-9-8(4-7)11-12-13(9)5-14/h2-5H,1H3,(H,10,15). The van der Waals surface area contributed by atoms with Gasteiger partial charge >= 0.3 is 0 Å². The van der Waals surface area contributed by atoms with Gasteiger partial charge in [0.15, 0.2) is 0 Å². The number of nitrogens with one attached hydrogen (secondary N) is 1. The first-order valence-corrected chi connectivity index (χ1v) is 4.28. The van der Waals surface area contributed by atoms with Gasteiger partial charge in [-0.2, -0.15) is 4.68 Å². The Morgan fingerprint density at radius 2 is 2.33 bits per heavy atom. The molecule has 1 aromatic carbocycles. The smallest absolute Gasteiger partial charge is 0.236 e. The van der Waals surface area contributed by atoms with Crippen molar-refractivity contribution in [3.05, 3.63) is 18.2 Å². The Kier molecular flexibility index (Phi) is 2.17. The molecule has 0 radical (unpaired) electrons. The monoisotopic (exact) mass is 204 g/mol. The van der Waals surface area contributed by atoms with Gasteiger partial charge in [0.2, 0.25) is 12.3 Å². The molecule has 0 aliphatic carbocycles. The molecule has 15 heavy (non-hydrogen) atoms. The molecule has 0 saturated carbocycles. The Morgan fingerprint density at radius 3 is 3.00 bits per heavy atom. The van der Waals surface area contributed by atoms with Crippen molar-refractivity contribution < 1.29 is 9.59 Å². The molecule has 0 aliphatic rings. The molecule has 0 atom stereocenters. The van der Waals surface area contributed by atoms with Gasteiger partial charge in [0.25, 0.3) is 0 Å². The number of fused-ring (bicyclic) bond motifs is 1. The number of amides is 1. The highest BCUT2D eigenvalue weighted by Crippen LogP contribution is 2.15. The first-order chi connectivity index (χ1) is 7.20. The van der Waals surface area contributed by atoms with E-state index in [0.717, 1.165) is 4.68 Å². The molecule has 1 aromatic heterocycles. The first kappa shape index (κ1) is 9.32. The molecule has 76 valence electrons. The van der Waals surface area contributed by atoms with Crippen LogP contribution < -0.4 is 5.32 Å². The predicted octanol–water partition coefficient (Wildman–Crippen LogP) is 0.428. The zero-order valence-corrected chi connectivity index (χ0v) is 7.97. The number of nitrogens with zero attached hydrogens (tertiary/aromatic N) is 3. The van der Waals surface area contributed by atoms with Crippen LogP contribution in [0.2, 0.25) is 0 Å². The summed E-state index contributed by atoms with van der Waals surface area (Å²) in [4.78, 5) is 21.3. The summed E-state index contributed by atoms with van der Waals surface area (Å²) in [7, 11) is 0. The number of hydrogen-bond donors (Lipinski definition) is 1. The molecule has 6 heteroatoms. The van der Waals surface area contributed by atoms with E-state index in [0.29, 0.717) is 23.1 Å². The van der Waals surface area contributed by atoms with E-state index in [9.17, 15) is 9.59 Å². The molecule has 1 N–H and O–H groups in total. The number of rotatable bonds is 2. The van der Waals surface area contributed by atoms with Gasteiger partial charge in [-0.1, -0.05) is 5.21 Å². The Bertz CT molecular complexity index is 532. The molecular weight excluding hydrogens is 196 g/mol. The zero-order chi connectivity index (χ0) is 10.8. The molecule has 1 heterocycles. The largest absolute Gasteiger partial charge is 0.326 e. The lowest BCUT2D eigenvalue weighted by atomic mass is 10.2. The molecule has 6 nitrogen and oxygen atoms in total. The quantitative estimate of drug-likeness (QED) is 0.719. The number of carbonyl (C=O) groups excluding carboxylic acids is 2. The maximum Gasteiger partial charge on any atom is 0.236 e. The number of benzene rings is 1. The van der Waals surface area contributed by atoms with Crippen molar-refractivity contribution in [1.82, 2.24) is 15.0 Å². The number of hydrogen-bond acceptors (Lipinski definition) is 4. The highest BCUT2D eigenvalue weighted by atomic mass is 16.1. The Labute approximate surface area is 84.9 Å². The molecule has 0 spiro atoms. The second kappa shape index (κ2) is 3.49. The average Bonchev–Trinajstić information content (AvgIpc) is 2.58. The van der Waals surface area contributed by atoms with E-state index in [-0.39, 0.29) is 5.91 Å². The van der Waals surface area contributed by atoms with Gasteiger partial charge in [0.05, 0.1) is 5.52 Å². The third-order valence-electron chi connectivity index (χ3n) is 1.89. The summed E-state index contributed by atoms with van der Waals surface area (Å²) < 4.78 is 1.13. The van der Waals surface area contributed by atoms with Gasteiger partial charge in [-0.3, -0.25) is 9.59 Å². The summed E-state index contributed by atoms with van der Waals surface area (Å²) in [6.45, 7) is 1.42. The highest BCUT2D eigenvalue weighted by molar-refractivity contribution is 5.92. The Balaban J connectivity index is 2.48. The van der Waals surface area contributed by atoms with Crippen LogP contribution in [0.15, 0.2) is 18.2 Å². The molecule has 0 unspecified atom stereocenters. The molecular formula is C9H8N4O2. The van der Waals surface area contributed by atoms with Crippen LogP contribution in [0.25, 0.3) is 11.0 Å². The molecule has 1 amide bonds. The van der Waals surface area contributed by atoms with E-state index < -0.39 is 0 Å². The van der Waals surface area contributed by atoms with Crippen LogP contribution in [0.4, 0.5) is 5.69 Å². The van der Waals surface area contributed by atoms with Crippen LogP contribution in [0.1, 0.15) is 6.92 Å². The molecule has 0 aliphatic heterocycles. The van der Waals surface area contributed by atoms with Gasteiger partial charge in [0.1, 0.15) is 5.52 Å². The average molecular weight is 204 g/mol. The minimum Gasteiger partial charge on any atom is -0.326 e. The van der Waals surface area contributed by atoms with Gasteiger partial charge < -0.3 is 5.32 Å². The topological polar surface area (TPSA) is 76.9 Å². The molecule has 2 aromatic rings. The van der Waals surface area contributed by atoms with Crippen LogP contribution in [0.5, 0.6) is 0 Å². The SMILES string of the molecule is CC(=O)Nc1ccc2c(c1)nnn2C=O. The van der Waals surface area contributed by atoms with E-state index >= 15 is 0 Å². The lowest BCUT2D eigenvalue weighted by Crippen LogP contribution is -2.05. The van der Waals surface area contributed by atoms with Crippen molar-refractivity contribution in [2.24, 2.45) is 0 Å². The van der Waals surface area contributed by atoms with E-state index in [2.05, 4.69) is 15.6 Å². The number of carbonyl (C=O) groups is 2. The van der Waals surface area contributed by atoms with Crippen LogP contribution in [0.3, 0.4) is 0 Å². The van der Waals surface area contributed by atoms with Crippen LogP contribution >= 0.6 is 0 Å². The van der Waals surface area contributed by atoms with Crippen molar-refractivity contribution in [3.63, 3.8) is 0 Å². The summed E-state index contributed by atoms with van der Waals surface area (Å²) in [5.74, 6) is -0.155. The normalized spacial score (nSPS) is 10.2. The summed E-state index contributed by atoms with van der Waals surface area (Å²) in [6, 6.07) is 5.02. The second-order valence-corrected chi connectivity index (χ2v) is 3.02. The van der Waals surface area contributed by atoms with Gasteiger partial charge in [-0.05, 0) is 18.2 Å². The van der Waals surface area contributed by atoms with E-state index in [1.165, 1.54) is 6.92 Å². The Hall–Kier alpha value is -2.24. The van der Waals surface area contributed by atoms with Crippen LogP contribution in [-0.2, 0) is 9.59 Å². The fourth-order valence-electron chi connectivity index (χ4n) is 1.30. The van der Waals surface area contributed by atoms with Crippen molar-refractivity contribution in [2.75, 3.05) is 5.32 Å². The highest BCUT2D eigenvalue weighted by Gasteiger charge is 2.04. The molecule has 2 rings (SSSR count). The lowest BCUT2D eigenvalue weighted by molar-refractivity contribution is -0.114. The van der Waals surface area contributed by atoms with Gasteiger partial charge in [-0.25, -0.2) is 0 Å². The summed E-state index contributed by atoms with van der Waals surface area (Å²) in [5, 5.41) is 10.0. The molecule has 0 saturated heterocycles. The van der Waals surface area contributed by atoms with Gasteiger partial charge in [-0.15, -0.1) is 5.10 Å². The lowest BCUT2D eigenvalue weighted by Gasteiger charge is -2.00. The zero-order valence-electron chi connectivity index (χ0n) is 7.97. The third-order valence-corrected chi connectivity index (χ3v) is 1.89. The maximum absolute atomic E-state index is 10.8. The van der Waals surface area contributed by atoms with Crippen LogP contribution in [0, 0.1) is 0 Å². The minimum absolute atomic E-state index is 0.155. The van der Waals surface area contributed by atoms with Crippen molar-refractivity contribution >= 4 is 29.0 Å². The van der Waals surface area contributed by atoms with Crippen LogP contribution in [-0.4, -0.2) is 27.3 Å².